The van der Waals surface area contributed by atoms with Gasteiger partial charge < -0.3 is 10.5 Å². The maximum absolute atomic E-state index is 6.93. The average Bonchev–Trinajstić information content (AvgIpc) is 1.96. The van der Waals surface area contributed by atoms with Crippen molar-refractivity contribution >= 4 is 5.84 Å². The van der Waals surface area contributed by atoms with Crippen molar-refractivity contribution < 1.29 is 4.74 Å². The van der Waals surface area contributed by atoms with Crippen molar-refractivity contribution in [2.45, 2.75) is 32.6 Å². The first-order chi connectivity index (χ1) is 5.27. The molecule has 0 unspecified atom stereocenters. The van der Waals surface area contributed by atoms with Crippen molar-refractivity contribution in [2.75, 3.05) is 13.2 Å². The van der Waals surface area contributed by atoms with E-state index >= 15 is 0 Å². The van der Waals surface area contributed by atoms with E-state index in [4.69, 9.17) is 15.9 Å². The highest BCUT2D eigenvalue weighted by atomic mass is 16.5. The van der Waals surface area contributed by atoms with E-state index < -0.39 is 0 Å². The molecular formula is C8H18N2O. The van der Waals surface area contributed by atoms with E-state index in [1.807, 2.05) is 0 Å². The fourth-order valence-corrected chi connectivity index (χ4v) is 0.713. The molecule has 0 bridgehead atoms. The van der Waals surface area contributed by atoms with Gasteiger partial charge in [-0.15, -0.1) is 0 Å². The Morgan fingerprint density at radius 3 is 2.55 bits per heavy atom. The molecule has 0 atom stereocenters. The summed E-state index contributed by atoms with van der Waals surface area (Å²) in [6.45, 7) is 3.72. The SMILES string of the molecule is CCCCOCCCC(=N)N. The third-order valence-corrected chi connectivity index (χ3v) is 1.38. The molecule has 0 aromatic heterocycles. The summed E-state index contributed by atoms with van der Waals surface area (Å²) in [5.74, 6) is 0.254. The number of hydrogen-bond acceptors (Lipinski definition) is 2. The highest BCUT2D eigenvalue weighted by Crippen LogP contribution is 1.92. The van der Waals surface area contributed by atoms with Crippen LogP contribution in [0.15, 0.2) is 0 Å². The van der Waals surface area contributed by atoms with Crippen LogP contribution in [0.5, 0.6) is 0 Å². The predicted molar refractivity (Wildman–Crippen MR) is 46.9 cm³/mol. The highest BCUT2D eigenvalue weighted by molar-refractivity contribution is 5.76. The van der Waals surface area contributed by atoms with Crippen LogP contribution >= 0.6 is 0 Å². The van der Waals surface area contributed by atoms with E-state index in [9.17, 15) is 0 Å². The minimum Gasteiger partial charge on any atom is -0.388 e. The van der Waals surface area contributed by atoms with Crippen LogP contribution in [0.25, 0.3) is 0 Å². The van der Waals surface area contributed by atoms with Gasteiger partial charge in [0, 0.05) is 19.6 Å². The van der Waals surface area contributed by atoms with Crippen LogP contribution in [0.2, 0.25) is 0 Å². The van der Waals surface area contributed by atoms with Crippen molar-refractivity contribution in [3.8, 4) is 0 Å². The lowest BCUT2D eigenvalue weighted by Gasteiger charge is -2.01. The maximum Gasteiger partial charge on any atom is 0.0906 e. The van der Waals surface area contributed by atoms with Gasteiger partial charge in [-0.05, 0) is 12.8 Å². The van der Waals surface area contributed by atoms with Crippen LogP contribution in [0.1, 0.15) is 32.6 Å². The molecule has 0 aromatic carbocycles. The van der Waals surface area contributed by atoms with Gasteiger partial charge in [0.25, 0.3) is 0 Å². The van der Waals surface area contributed by atoms with Gasteiger partial charge in [-0.2, -0.15) is 0 Å². The van der Waals surface area contributed by atoms with Gasteiger partial charge in [-0.1, -0.05) is 13.3 Å². The maximum atomic E-state index is 6.93. The van der Waals surface area contributed by atoms with Gasteiger partial charge in [-0.3, -0.25) is 5.41 Å². The number of amidine groups is 1. The first kappa shape index (κ1) is 10.4. The normalized spacial score (nSPS) is 9.91. The highest BCUT2D eigenvalue weighted by Gasteiger charge is 1.90. The molecule has 0 heterocycles. The minimum absolute atomic E-state index is 0.254. The van der Waals surface area contributed by atoms with Crippen LogP contribution in [0, 0.1) is 5.41 Å². The van der Waals surface area contributed by atoms with Gasteiger partial charge in [0.05, 0.1) is 5.84 Å². The van der Waals surface area contributed by atoms with Crippen molar-refractivity contribution in [3.63, 3.8) is 0 Å². The van der Waals surface area contributed by atoms with E-state index in [0.29, 0.717) is 6.42 Å². The first-order valence-corrected chi connectivity index (χ1v) is 4.18. The third-order valence-electron chi connectivity index (χ3n) is 1.38. The number of ether oxygens (including phenoxy) is 1. The third kappa shape index (κ3) is 9.43. The summed E-state index contributed by atoms with van der Waals surface area (Å²) in [6.07, 6.45) is 3.83. The van der Waals surface area contributed by atoms with Gasteiger partial charge >= 0.3 is 0 Å². The van der Waals surface area contributed by atoms with Crippen molar-refractivity contribution in [2.24, 2.45) is 5.73 Å². The summed E-state index contributed by atoms with van der Waals surface area (Å²) < 4.78 is 5.27. The summed E-state index contributed by atoms with van der Waals surface area (Å²) in [5.41, 5.74) is 5.16. The quantitative estimate of drug-likeness (QED) is 0.335. The largest absolute Gasteiger partial charge is 0.388 e. The van der Waals surface area contributed by atoms with Crippen LogP contribution in [-0.4, -0.2) is 19.0 Å². The number of unbranched alkanes of at least 4 members (excludes halogenated alkanes) is 1. The molecule has 0 aliphatic rings. The molecule has 0 saturated carbocycles. The second-order valence-corrected chi connectivity index (χ2v) is 2.59. The zero-order chi connectivity index (χ0) is 8.53. The molecule has 0 rings (SSSR count). The second kappa shape index (κ2) is 7.54. The molecule has 3 N–H and O–H groups in total. The Morgan fingerprint density at radius 2 is 2.00 bits per heavy atom. The van der Waals surface area contributed by atoms with Crippen molar-refractivity contribution in [3.05, 3.63) is 0 Å². The van der Waals surface area contributed by atoms with Gasteiger partial charge in [0.15, 0.2) is 0 Å². The zero-order valence-corrected chi connectivity index (χ0v) is 7.23. The molecular weight excluding hydrogens is 140 g/mol. The fraction of sp³-hybridized carbons (Fsp3) is 0.875. The molecule has 0 fully saturated rings. The smallest absolute Gasteiger partial charge is 0.0906 e. The Morgan fingerprint density at radius 1 is 1.36 bits per heavy atom. The Balaban J connectivity index is 2.85. The fourth-order valence-electron chi connectivity index (χ4n) is 0.713. The van der Waals surface area contributed by atoms with Crippen molar-refractivity contribution in [1.82, 2.24) is 0 Å². The molecule has 0 spiro atoms. The number of nitrogens with one attached hydrogen (secondary N) is 1. The van der Waals surface area contributed by atoms with Gasteiger partial charge in [0.2, 0.25) is 0 Å². The Hall–Kier alpha value is -0.570. The standard InChI is InChI=1S/C8H18N2O/c1-2-3-6-11-7-4-5-8(9)10/h2-7H2,1H3,(H3,9,10). The van der Waals surface area contributed by atoms with Gasteiger partial charge in [0.1, 0.15) is 0 Å². The van der Waals surface area contributed by atoms with E-state index in [-0.39, 0.29) is 5.84 Å². The van der Waals surface area contributed by atoms with Crippen LogP contribution < -0.4 is 5.73 Å². The zero-order valence-electron chi connectivity index (χ0n) is 7.23. The Kier molecular flexibility index (Phi) is 7.15. The lowest BCUT2D eigenvalue weighted by molar-refractivity contribution is 0.130. The second-order valence-electron chi connectivity index (χ2n) is 2.59. The number of nitrogens with two attached hydrogens (primary N) is 1. The molecule has 0 aliphatic heterocycles. The predicted octanol–water partition coefficient (Wildman–Crippen LogP) is 1.52. The number of rotatable bonds is 7. The molecule has 3 nitrogen and oxygen atoms in total. The summed E-state index contributed by atoms with van der Waals surface area (Å²) in [4.78, 5) is 0. The monoisotopic (exact) mass is 158 g/mol. The molecule has 0 radical (unpaired) electrons. The summed E-state index contributed by atoms with van der Waals surface area (Å²) in [7, 11) is 0. The van der Waals surface area contributed by atoms with E-state index in [2.05, 4.69) is 6.92 Å². The van der Waals surface area contributed by atoms with Crippen LogP contribution in [0.4, 0.5) is 0 Å². The molecule has 3 heteroatoms. The number of hydrogen-bond donors (Lipinski definition) is 2. The van der Waals surface area contributed by atoms with Crippen LogP contribution in [0.3, 0.4) is 0 Å². The molecule has 11 heavy (non-hydrogen) atoms. The first-order valence-electron chi connectivity index (χ1n) is 4.18. The van der Waals surface area contributed by atoms with Gasteiger partial charge in [-0.25, -0.2) is 0 Å². The molecule has 0 saturated heterocycles. The van der Waals surface area contributed by atoms with E-state index in [1.54, 1.807) is 0 Å². The molecule has 0 aliphatic carbocycles. The Bertz CT molecular complexity index is 104. The lowest BCUT2D eigenvalue weighted by atomic mass is 10.3. The average molecular weight is 158 g/mol. The summed E-state index contributed by atoms with van der Waals surface area (Å²) >= 11 is 0. The summed E-state index contributed by atoms with van der Waals surface area (Å²) in [5, 5.41) is 6.93. The molecule has 66 valence electrons. The Labute approximate surface area is 68.4 Å². The van der Waals surface area contributed by atoms with E-state index in [1.165, 1.54) is 6.42 Å². The van der Waals surface area contributed by atoms with Crippen LogP contribution in [-0.2, 0) is 4.74 Å². The molecule has 0 aromatic rings. The summed E-state index contributed by atoms with van der Waals surface area (Å²) in [6, 6.07) is 0. The molecule has 0 amide bonds. The van der Waals surface area contributed by atoms with Crippen molar-refractivity contribution in [1.29, 1.82) is 5.41 Å². The minimum atomic E-state index is 0.254. The lowest BCUT2D eigenvalue weighted by Crippen LogP contribution is -2.10. The van der Waals surface area contributed by atoms with E-state index in [0.717, 1.165) is 26.1 Å². The topological polar surface area (TPSA) is 59.1 Å².